The van der Waals surface area contributed by atoms with Gasteiger partial charge in [0.25, 0.3) is 0 Å². The zero-order chi connectivity index (χ0) is 23.3. The maximum atomic E-state index is 12.9. The fourth-order valence-electron chi connectivity index (χ4n) is 3.85. The van der Waals surface area contributed by atoms with Crippen LogP contribution in [0.2, 0.25) is 5.02 Å². The van der Waals surface area contributed by atoms with E-state index in [0.717, 1.165) is 24.6 Å². The second kappa shape index (κ2) is 10.7. The molecule has 2 heterocycles. The van der Waals surface area contributed by atoms with Gasteiger partial charge in [-0.2, -0.15) is 5.26 Å². The Kier molecular flexibility index (Phi) is 8.04. The van der Waals surface area contributed by atoms with Gasteiger partial charge in [-0.05, 0) is 37.5 Å². The van der Waals surface area contributed by atoms with Crippen molar-refractivity contribution in [3.8, 4) is 11.8 Å². The molecule has 2 atom stereocenters. The van der Waals surface area contributed by atoms with Crippen molar-refractivity contribution >= 4 is 41.1 Å². The molecule has 2 aliphatic heterocycles. The van der Waals surface area contributed by atoms with Gasteiger partial charge in [0, 0.05) is 19.0 Å². The number of carbonyl (C=O) groups is 3. The number of thioether (sulfide) groups is 1. The molecule has 0 spiro atoms. The van der Waals surface area contributed by atoms with E-state index >= 15 is 0 Å². The van der Waals surface area contributed by atoms with Crippen LogP contribution in [0.4, 0.5) is 0 Å². The minimum Gasteiger partial charge on any atom is -0.492 e. The lowest BCUT2D eigenvalue weighted by Gasteiger charge is -2.31. The molecule has 1 aromatic carbocycles. The lowest BCUT2D eigenvalue weighted by Crippen LogP contribution is -2.44. The molecule has 2 amide bonds. The second-order valence-corrected chi connectivity index (χ2v) is 8.71. The zero-order valence-corrected chi connectivity index (χ0v) is 19.4. The molecule has 3 rings (SSSR count). The number of esters is 1. The predicted molar refractivity (Wildman–Crippen MR) is 120 cm³/mol. The topological polar surface area (TPSA) is 109 Å². The van der Waals surface area contributed by atoms with Crippen molar-refractivity contribution in [2.24, 2.45) is 5.92 Å². The van der Waals surface area contributed by atoms with Gasteiger partial charge in [0.05, 0.1) is 41.2 Å². The number of carbonyl (C=O) groups excluding carboxylic acids is 3. The predicted octanol–water partition coefficient (Wildman–Crippen LogP) is 2.83. The molecule has 32 heavy (non-hydrogen) atoms. The van der Waals surface area contributed by atoms with Crippen molar-refractivity contribution in [1.82, 2.24) is 10.2 Å². The third-order valence-corrected chi connectivity index (χ3v) is 6.69. The molecule has 8 nitrogen and oxygen atoms in total. The van der Waals surface area contributed by atoms with Crippen molar-refractivity contribution < 1.29 is 23.9 Å². The minimum atomic E-state index is -1.26. The van der Waals surface area contributed by atoms with Gasteiger partial charge in [-0.25, -0.2) is 0 Å². The molecule has 10 heteroatoms. The summed E-state index contributed by atoms with van der Waals surface area (Å²) in [4.78, 5) is 39.6. The lowest BCUT2D eigenvalue weighted by molar-refractivity contribution is -0.150. The molecule has 1 saturated heterocycles. The molecule has 170 valence electrons. The molecule has 0 aliphatic carbocycles. The van der Waals surface area contributed by atoms with Crippen LogP contribution in [0.25, 0.3) is 0 Å². The molecule has 1 fully saturated rings. The Morgan fingerprint density at radius 1 is 1.34 bits per heavy atom. The van der Waals surface area contributed by atoms with Crippen LogP contribution in [-0.2, 0) is 19.1 Å². The monoisotopic (exact) mass is 477 g/mol. The Hall–Kier alpha value is -2.70. The Morgan fingerprint density at radius 3 is 2.66 bits per heavy atom. The number of methoxy groups -OCH3 is 1. The van der Waals surface area contributed by atoms with Gasteiger partial charge >= 0.3 is 5.97 Å². The number of rotatable bonds is 7. The number of nitriles is 1. The smallest absolute Gasteiger partial charge is 0.319 e. The van der Waals surface area contributed by atoms with Crippen molar-refractivity contribution in [3.05, 3.63) is 39.4 Å². The SMILES string of the molecule is CCOc1ccc([C@@H]2C(C#N)=C(SCC(=O)N3CCCC3)NC(=O)[C@H]2C(=O)OC)cc1Cl. The fourth-order valence-corrected chi connectivity index (χ4v) is 5.05. The van der Waals surface area contributed by atoms with Gasteiger partial charge in [-0.15, -0.1) is 0 Å². The maximum absolute atomic E-state index is 12.9. The van der Waals surface area contributed by atoms with Crippen molar-refractivity contribution in [3.63, 3.8) is 0 Å². The fraction of sp³-hybridized carbons (Fsp3) is 0.455. The van der Waals surface area contributed by atoms with Crippen LogP contribution in [0.15, 0.2) is 28.8 Å². The quantitative estimate of drug-likeness (QED) is 0.475. The number of allylic oxidation sites excluding steroid dienone is 1. The highest BCUT2D eigenvalue weighted by Gasteiger charge is 2.44. The van der Waals surface area contributed by atoms with Crippen molar-refractivity contribution in [1.29, 1.82) is 5.26 Å². The Morgan fingerprint density at radius 2 is 2.06 bits per heavy atom. The zero-order valence-electron chi connectivity index (χ0n) is 17.9. The highest BCUT2D eigenvalue weighted by molar-refractivity contribution is 8.03. The van der Waals surface area contributed by atoms with E-state index in [1.54, 1.807) is 23.1 Å². The van der Waals surface area contributed by atoms with Crippen LogP contribution >= 0.6 is 23.4 Å². The summed E-state index contributed by atoms with van der Waals surface area (Å²) in [7, 11) is 1.19. The first-order valence-corrected chi connectivity index (χ1v) is 11.6. The largest absolute Gasteiger partial charge is 0.492 e. The molecule has 2 aliphatic rings. The first-order valence-electron chi connectivity index (χ1n) is 10.3. The number of benzene rings is 1. The highest BCUT2D eigenvalue weighted by Crippen LogP contribution is 2.42. The molecule has 1 N–H and O–H groups in total. The number of hydrogen-bond donors (Lipinski definition) is 1. The van der Waals surface area contributed by atoms with E-state index in [2.05, 4.69) is 11.4 Å². The van der Waals surface area contributed by atoms with Crippen LogP contribution < -0.4 is 10.1 Å². The number of likely N-dealkylation sites (tertiary alicyclic amines) is 1. The lowest BCUT2D eigenvalue weighted by atomic mass is 9.78. The molecule has 0 aromatic heterocycles. The molecular formula is C22H24ClN3O5S. The normalized spacial score (nSPS) is 20.6. The number of halogens is 1. The van der Waals surface area contributed by atoms with E-state index in [4.69, 9.17) is 21.1 Å². The number of amides is 2. The summed E-state index contributed by atoms with van der Waals surface area (Å²) in [6.45, 7) is 3.68. The van der Waals surface area contributed by atoms with Crippen LogP contribution in [0.1, 0.15) is 31.2 Å². The summed E-state index contributed by atoms with van der Waals surface area (Å²) in [5.74, 6) is -3.03. The first kappa shape index (κ1) is 24.0. The first-order chi connectivity index (χ1) is 15.4. The van der Waals surface area contributed by atoms with Gasteiger partial charge in [-0.3, -0.25) is 14.4 Å². The van der Waals surface area contributed by atoms with Crippen molar-refractivity contribution in [2.75, 3.05) is 32.6 Å². The van der Waals surface area contributed by atoms with E-state index < -0.39 is 23.7 Å². The number of nitrogens with one attached hydrogen (secondary N) is 1. The molecule has 0 radical (unpaired) electrons. The van der Waals surface area contributed by atoms with Gasteiger partial charge in [-0.1, -0.05) is 29.4 Å². The van der Waals surface area contributed by atoms with E-state index in [-0.39, 0.29) is 22.3 Å². The molecule has 0 saturated carbocycles. The summed E-state index contributed by atoms with van der Waals surface area (Å²) in [5.41, 5.74) is 0.684. The average molecular weight is 478 g/mol. The van der Waals surface area contributed by atoms with E-state index in [1.807, 2.05) is 6.92 Å². The van der Waals surface area contributed by atoms with Crippen LogP contribution in [-0.4, -0.2) is 55.2 Å². The summed E-state index contributed by atoms with van der Waals surface area (Å²) in [6, 6.07) is 7.02. The second-order valence-electron chi connectivity index (χ2n) is 7.32. The van der Waals surface area contributed by atoms with Gasteiger partial charge in [0.2, 0.25) is 11.8 Å². The maximum Gasteiger partial charge on any atom is 0.319 e. The molecule has 1 aromatic rings. The Balaban J connectivity index is 1.97. The minimum absolute atomic E-state index is 0.0534. The number of ether oxygens (including phenoxy) is 2. The molecule has 0 unspecified atom stereocenters. The molecular weight excluding hydrogens is 454 g/mol. The third-order valence-electron chi connectivity index (χ3n) is 5.40. The third kappa shape index (κ3) is 5.03. The average Bonchev–Trinajstić information content (AvgIpc) is 3.33. The van der Waals surface area contributed by atoms with Gasteiger partial charge in [0.15, 0.2) is 0 Å². The van der Waals surface area contributed by atoms with E-state index in [9.17, 15) is 19.6 Å². The Labute approximate surface area is 195 Å². The Bertz CT molecular complexity index is 984. The van der Waals surface area contributed by atoms with Crippen LogP contribution in [0.5, 0.6) is 5.75 Å². The summed E-state index contributed by atoms with van der Waals surface area (Å²) in [5, 5.41) is 13.2. The van der Waals surface area contributed by atoms with E-state index in [1.165, 1.54) is 7.11 Å². The highest BCUT2D eigenvalue weighted by atomic mass is 35.5. The number of nitrogens with zero attached hydrogens (tertiary/aromatic N) is 2. The summed E-state index contributed by atoms with van der Waals surface area (Å²) < 4.78 is 10.3. The van der Waals surface area contributed by atoms with E-state index in [0.29, 0.717) is 36.0 Å². The van der Waals surface area contributed by atoms with Crippen LogP contribution in [0.3, 0.4) is 0 Å². The van der Waals surface area contributed by atoms with Crippen molar-refractivity contribution in [2.45, 2.75) is 25.7 Å². The van der Waals surface area contributed by atoms with Gasteiger partial charge < -0.3 is 19.7 Å². The summed E-state index contributed by atoms with van der Waals surface area (Å²) in [6.07, 6.45) is 1.95. The standard InChI is InChI=1S/C22H24ClN3O5S/c1-3-31-16-7-6-13(10-15(16)23)18-14(11-24)21(25-20(28)19(18)22(29)30-2)32-12-17(27)26-8-4-5-9-26/h6-7,10,18-19H,3-5,8-9,12H2,1-2H3,(H,25,28)/t18-,19+/m1/s1. The van der Waals surface area contributed by atoms with Crippen LogP contribution in [0, 0.1) is 17.2 Å². The van der Waals surface area contributed by atoms with Gasteiger partial charge in [0.1, 0.15) is 11.7 Å². The summed E-state index contributed by atoms with van der Waals surface area (Å²) >= 11 is 7.42. The molecule has 0 bridgehead atoms. The number of hydrogen-bond acceptors (Lipinski definition) is 7.